The third kappa shape index (κ3) is 3.32. The van der Waals surface area contributed by atoms with Crippen LogP contribution >= 0.6 is 11.8 Å². The molecule has 8 atom stereocenters. The molecule has 0 radical (unpaired) electrons. The molecule has 1 aromatic rings. The summed E-state index contributed by atoms with van der Waals surface area (Å²) >= 11 is 1.50. The van der Waals surface area contributed by atoms with Crippen molar-refractivity contribution in [3.05, 3.63) is 48.3 Å². The summed E-state index contributed by atoms with van der Waals surface area (Å²) in [7, 11) is 0. The minimum Gasteiger partial charge on any atom is -0.393 e. The minimum absolute atomic E-state index is 0.00473. The summed E-state index contributed by atoms with van der Waals surface area (Å²) in [5.74, 6) is -0.0955. The second-order valence-corrected chi connectivity index (χ2v) is 13.2. The monoisotopic (exact) mass is 509 g/mol. The molecule has 6 rings (SSSR count). The first-order valence-corrected chi connectivity index (χ1v) is 14.1. The van der Waals surface area contributed by atoms with Gasteiger partial charge in [-0.1, -0.05) is 25.5 Å². The van der Waals surface area contributed by atoms with Crippen LogP contribution in [0.15, 0.2) is 53.2 Å². The molecule has 6 nitrogen and oxygen atoms in total. The number of hydrogen-bond donors (Lipinski definition) is 1. The van der Waals surface area contributed by atoms with Gasteiger partial charge in [-0.3, -0.25) is 14.6 Å². The zero-order valence-electron chi connectivity index (χ0n) is 21.4. The molecule has 0 amide bonds. The molecule has 5 aliphatic rings. The average molecular weight is 510 g/mol. The molecule has 4 fully saturated rings. The van der Waals surface area contributed by atoms with Crippen LogP contribution in [0.1, 0.15) is 53.4 Å². The van der Waals surface area contributed by atoms with Gasteiger partial charge in [-0.25, -0.2) is 0 Å². The number of carbonyl (C=O) groups is 2. The Balaban J connectivity index is 1.36. The molecule has 4 aliphatic carbocycles. The lowest BCUT2D eigenvalue weighted by molar-refractivity contribution is -0.223. The summed E-state index contributed by atoms with van der Waals surface area (Å²) in [6.45, 7) is 8.10. The largest absolute Gasteiger partial charge is 0.393 e. The first-order valence-electron chi connectivity index (χ1n) is 13.1. The van der Waals surface area contributed by atoms with Crippen molar-refractivity contribution in [1.29, 1.82) is 0 Å². The standard InChI is InChI=1S/C29H35NO5S/c1-26(2)34-24-14-21-20-6-5-17-13-18(31)7-10-27(17,3)25(20)22(32)15-28(21,4)29(24,35-26)23(33)16-36-19-8-11-30-12-9-19/h7-13,20-22,24-25,32H,5-6,14-16H2,1-4H3/t20?,21?,22-,24+,25?,27?,28?,29+/m0/s1. The van der Waals surface area contributed by atoms with E-state index in [1.165, 1.54) is 11.8 Å². The number of Topliss-reactive ketones (excluding diaryl/α,β-unsaturated/α-hetero) is 1. The van der Waals surface area contributed by atoms with E-state index in [4.69, 9.17) is 9.47 Å². The fourth-order valence-corrected chi connectivity index (χ4v) is 9.44. The van der Waals surface area contributed by atoms with Gasteiger partial charge in [-0.2, -0.15) is 0 Å². The van der Waals surface area contributed by atoms with E-state index in [9.17, 15) is 14.7 Å². The number of fused-ring (bicyclic) bond motifs is 7. The second-order valence-electron chi connectivity index (χ2n) is 12.2. The Labute approximate surface area is 216 Å². The summed E-state index contributed by atoms with van der Waals surface area (Å²) in [4.78, 5) is 31.4. The maximum absolute atomic E-state index is 14.2. The summed E-state index contributed by atoms with van der Waals surface area (Å²) < 4.78 is 13.1. The van der Waals surface area contributed by atoms with Crippen molar-refractivity contribution in [3.63, 3.8) is 0 Å². The van der Waals surface area contributed by atoms with Crippen molar-refractivity contribution in [2.45, 2.75) is 81.9 Å². The topological polar surface area (TPSA) is 85.7 Å². The molecule has 5 unspecified atom stereocenters. The third-order valence-electron chi connectivity index (χ3n) is 9.92. The van der Waals surface area contributed by atoms with Crippen LogP contribution in [0.3, 0.4) is 0 Å². The third-order valence-corrected chi connectivity index (χ3v) is 10.9. The zero-order chi connectivity index (χ0) is 25.5. The maximum Gasteiger partial charge on any atom is 0.178 e. The smallest absolute Gasteiger partial charge is 0.178 e. The predicted molar refractivity (Wildman–Crippen MR) is 136 cm³/mol. The molecular weight excluding hydrogens is 474 g/mol. The fourth-order valence-electron chi connectivity index (χ4n) is 8.61. The summed E-state index contributed by atoms with van der Waals surface area (Å²) in [5.41, 5.74) is -0.855. The van der Waals surface area contributed by atoms with E-state index in [1.54, 1.807) is 24.5 Å². The van der Waals surface area contributed by atoms with Gasteiger partial charge in [0.25, 0.3) is 0 Å². The first kappa shape index (κ1) is 24.5. The quantitative estimate of drug-likeness (QED) is 0.597. The molecule has 1 aliphatic heterocycles. The number of ether oxygens (including phenoxy) is 2. The van der Waals surface area contributed by atoms with Crippen LogP contribution in [0.2, 0.25) is 0 Å². The Morgan fingerprint density at radius 2 is 1.97 bits per heavy atom. The number of rotatable bonds is 4. The highest BCUT2D eigenvalue weighted by Gasteiger charge is 2.76. The van der Waals surface area contributed by atoms with Gasteiger partial charge in [0.15, 0.2) is 23.0 Å². The van der Waals surface area contributed by atoms with Gasteiger partial charge in [0.2, 0.25) is 0 Å². The molecule has 7 heteroatoms. The predicted octanol–water partition coefficient (Wildman–Crippen LogP) is 4.52. The maximum atomic E-state index is 14.2. The zero-order valence-corrected chi connectivity index (χ0v) is 22.2. The van der Waals surface area contributed by atoms with Gasteiger partial charge in [0.1, 0.15) is 0 Å². The number of aliphatic hydroxyl groups excluding tert-OH is 1. The average Bonchev–Trinajstić information content (AvgIpc) is 3.24. The molecule has 0 aromatic carbocycles. The van der Waals surface area contributed by atoms with Crippen LogP contribution in [0.4, 0.5) is 0 Å². The molecule has 1 aromatic heterocycles. The lowest BCUT2D eigenvalue weighted by Gasteiger charge is -2.60. The fraction of sp³-hybridized carbons (Fsp3) is 0.621. The van der Waals surface area contributed by atoms with Crippen molar-refractivity contribution < 1.29 is 24.2 Å². The van der Waals surface area contributed by atoms with Gasteiger partial charge in [0.05, 0.1) is 18.0 Å². The number of thioether (sulfide) groups is 1. The van der Waals surface area contributed by atoms with Crippen LogP contribution in [0.25, 0.3) is 0 Å². The SMILES string of the molecule is CC1(C)O[C@@H]2CC3C4CCC5=CC(=O)C=CC5(C)C4[C@@H](O)CC3(C)[C@]2(C(=O)CSc2ccncc2)O1. The van der Waals surface area contributed by atoms with E-state index in [0.717, 1.165) is 29.7 Å². The highest BCUT2D eigenvalue weighted by atomic mass is 32.2. The molecule has 36 heavy (non-hydrogen) atoms. The Kier molecular flexibility index (Phi) is 5.52. The van der Waals surface area contributed by atoms with Crippen LogP contribution in [-0.2, 0) is 19.1 Å². The van der Waals surface area contributed by atoms with Crippen LogP contribution in [-0.4, -0.2) is 51.0 Å². The van der Waals surface area contributed by atoms with Crippen molar-refractivity contribution >= 4 is 23.3 Å². The second kappa shape index (κ2) is 8.10. The van der Waals surface area contributed by atoms with Crippen LogP contribution < -0.4 is 0 Å². The van der Waals surface area contributed by atoms with E-state index in [2.05, 4.69) is 18.8 Å². The van der Waals surface area contributed by atoms with Crippen molar-refractivity contribution in [2.24, 2.45) is 28.6 Å². The molecule has 0 bridgehead atoms. The van der Waals surface area contributed by atoms with Crippen LogP contribution in [0, 0.1) is 28.6 Å². The summed E-state index contributed by atoms with van der Waals surface area (Å²) in [6, 6.07) is 3.82. The Morgan fingerprint density at radius 3 is 2.72 bits per heavy atom. The highest BCUT2D eigenvalue weighted by Crippen LogP contribution is 2.70. The summed E-state index contributed by atoms with van der Waals surface area (Å²) in [6.07, 6.45) is 10.9. The lowest BCUT2D eigenvalue weighted by atomic mass is 9.46. The number of aromatic nitrogens is 1. The number of carbonyl (C=O) groups excluding carboxylic acids is 2. The molecule has 2 heterocycles. The van der Waals surface area contributed by atoms with Crippen molar-refractivity contribution in [1.82, 2.24) is 4.98 Å². The number of hydrogen-bond acceptors (Lipinski definition) is 7. The first-order chi connectivity index (χ1) is 17.0. The van der Waals surface area contributed by atoms with Gasteiger partial charge >= 0.3 is 0 Å². The number of aliphatic hydroxyl groups is 1. The minimum atomic E-state index is -1.09. The Morgan fingerprint density at radius 1 is 1.22 bits per heavy atom. The molecule has 0 spiro atoms. The van der Waals surface area contributed by atoms with Gasteiger partial charge in [-0.05, 0) is 75.7 Å². The summed E-state index contributed by atoms with van der Waals surface area (Å²) in [5, 5.41) is 11.8. The number of allylic oxidation sites excluding steroid dienone is 4. The Bertz CT molecular complexity index is 1160. The highest BCUT2D eigenvalue weighted by molar-refractivity contribution is 8.00. The van der Waals surface area contributed by atoms with Gasteiger partial charge in [-0.15, -0.1) is 11.8 Å². The molecular formula is C29H35NO5S. The van der Waals surface area contributed by atoms with E-state index < -0.39 is 22.9 Å². The lowest BCUT2D eigenvalue weighted by Crippen LogP contribution is -2.63. The van der Waals surface area contributed by atoms with E-state index >= 15 is 0 Å². The number of ketones is 2. The molecule has 1 N–H and O–H groups in total. The van der Waals surface area contributed by atoms with E-state index in [1.807, 2.05) is 32.1 Å². The van der Waals surface area contributed by atoms with Crippen molar-refractivity contribution in [2.75, 3.05) is 5.75 Å². The number of nitrogens with zero attached hydrogens (tertiary/aromatic N) is 1. The molecule has 3 saturated carbocycles. The normalized spacial score (nSPS) is 44.3. The van der Waals surface area contributed by atoms with Gasteiger partial charge < -0.3 is 14.6 Å². The number of pyridine rings is 1. The van der Waals surface area contributed by atoms with E-state index in [0.29, 0.717) is 6.42 Å². The Hall–Kier alpha value is -1.80. The van der Waals surface area contributed by atoms with Crippen molar-refractivity contribution in [3.8, 4) is 0 Å². The van der Waals surface area contributed by atoms with Gasteiger partial charge in [0, 0.05) is 34.0 Å². The van der Waals surface area contributed by atoms with E-state index in [-0.39, 0.29) is 46.6 Å². The molecule has 192 valence electrons. The van der Waals surface area contributed by atoms with Crippen LogP contribution in [0.5, 0.6) is 0 Å². The molecule has 1 saturated heterocycles.